The van der Waals surface area contributed by atoms with Crippen molar-refractivity contribution >= 4 is 23.0 Å². The van der Waals surface area contributed by atoms with Gasteiger partial charge < -0.3 is 26.0 Å². The third-order valence-electron chi connectivity index (χ3n) is 4.30. The summed E-state index contributed by atoms with van der Waals surface area (Å²) in [6, 6.07) is 9.08. The number of allylic oxidation sites excluding steroid dienone is 1. The van der Waals surface area contributed by atoms with E-state index in [1.54, 1.807) is 29.4 Å². The molecule has 0 atom stereocenters. The molecule has 150 valence electrons. The highest BCUT2D eigenvalue weighted by atomic mass is 16.5. The van der Waals surface area contributed by atoms with Crippen molar-refractivity contribution in [3.8, 4) is 5.75 Å². The highest BCUT2D eigenvalue weighted by Crippen LogP contribution is 2.29. The number of nitrogens with one attached hydrogen (secondary N) is 2. The van der Waals surface area contributed by atoms with Gasteiger partial charge in [0, 0.05) is 36.4 Å². The Hall–Kier alpha value is -3.81. The molecule has 8 heteroatoms. The van der Waals surface area contributed by atoms with E-state index in [-0.39, 0.29) is 5.70 Å². The molecular weight excluding hydrogens is 368 g/mol. The van der Waals surface area contributed by atoms with E-state index in [1.165, 1.54) is 7.11 Å². The molecule has 1 aliphatic heterocycles. The lowest BCUT2D eigenvalue weighted by Crippen LogP contribution is -2.37. The zero-order chi connectivity index (χ0) is 21.0. The topological polar surface area (TPSA) is 105 Å². The summed E-state index contributed by atoms with van der Waals surface area (Å²) < 4.78 is 5.37. The normalized spacial score (nSPS) is 13.6. The number of ether oxygens (including phenoxy) is 1. The van der Waals surface area contributed by atoms with Crippen LogP contribution < -0.4 is 21.1 Å². The van der Waals surface area contributed by atoms with E-state index in [2.05, 4.69) is 27.2 Å². The van der Waals surface area contributed by atoms with Gasteiger partial charge in [-0.1, -0.05) is 12.6 Å². The number of aliphatic imine (C=N–C) groups is 1. The van der Waals surface area contributed by atoms with Crippen LogP contribution in [0, 0.1) is 0 Å². The summed E-state index contributed by atoms with van der Waals surface area (Å²) in [5, 5.41) is 5.96. The van der Waals surface area contributed by atoms with E-state index in [4.69, 9.17) is 10.5 Å². The van der Waals surface area contributed by atoms with E-state index >= 15 is 0 Å². The molecule has 0 fully saturated rings. The fourth-order valence-corrected chi connectivity index (χ4v) is 2.89. The fraction of sp³-hybridized carbons (Fsp3) is 0.190. The van der Waals surface area contributed by atoms with Crippen LogP contribution in [0.25, 0.3) is 0 Å². The third-order valence-corrected chi connectivity index (χ3v) is 4.30. The molecule has 0 saturated heterocycles. The van der Waals surface area contributed by atoms with Gasteiger partial charge in [0.1, 0.15) is 11.6 Å². The molecule has 3 rings (SSSR count). The molecule has 0 saturated carbocycles. The van der Waals surface area contributed by atoms with E-state index in [9.17, 15) is 4.79 Å². The van der Waals surface area contributed by atoms with E-state index < -0.39 is 5.91 Å². The molecule has 0 aliphatic carbocycles. The summed E-state index contributed by atoms with van der Waals surface area (Å²) >= 11 is 0. The van der Waals surface area contributed by atoms with Crippen LogP contribution in [0.15, 0.2) is 71.5 Å². The summed E-state index contributed by atoms with van der Waals surface area (Å²) in [7, 11) is 3.35. The summed E-state index contributed by atoms with van der Waals surface area (Å²) in [4.78, 5) is 23.4. The number of carbonyl (C=O) groups excluding carboxylic acids is 1. The van der Waals surface area contributed by atoms with E-state index in [0.29, 0.717) is 29.5 Å². The summed E-state index contributed by atoms with van der Waals surface area (Å²) in [6.07, 6.45) is 3.40. The van der Waals surface area contributed by atoms with Gasteiger partial charge in [-0.05, 0) is 31.2 Å². The first kappa shape index (κ1) is 19.9. The lowest BCUT2D eigenvalue weighted by Gasteiger charge is -2.26. The minimum absolute atomic E-state index is 0.137. The second kappa shape index (κ2) is 8.47. The van der Waals surface area contributed by atoms with Gasteiger partial charge in [-0.25, -0.2) is 4.99 Å². The van der Waals surface area contributed by atoms with Crippen molar-refractivity contribution in [1.82, 2.24) is 9.88 Å². The molecule has 1 aromatic heterocycles. The minimum atomic E-state index is -0.429. The zero-order valence-corrected chi connectivity index (χ0v) is 16.7. The Bertz CT molecular complexity index is 997. The Morgan fingerprint density at radius 3 is 2.76 bits per heavy atom. The monoisotopic (exact) mass is 392 g/mol. The van der Waals surface area contributed by atoms with Gasteiger partial charge >= 0.3 is 0 Å². The summed E-state index contributed by atoms with van der Waals surface area (Å²) in [5.41, 5.74) is 9.88. The van der Waals surface area contributed by atoms with Crippen LogP contribution in [0.4, 0.5) is 11.4 Å². The van der Waals surface area contributed by atoms with Gasteiger partial charge in [-0.15, -0.1) is 0 Å². The average molecular weight is 392 g/mol. The molecule has 1 aromatic carbocycles. The SMILES string of the molecule is C=C(C)Nc1ccc(OC)c(NC(=O)C2=C(N)N(C)CC(c3cccnc3)=N2)c1. The molecule has 4 N–H and O–H groups in total. The van der Waals surface area contributed by atoms with Crippen molar-refractivity contribution in [2.24, 2.45) is 10.7 Å². The molecule has 8 nitrogen and oxygen atoms in total. The zero-order valence-electron chi connectivity index (χ0n) is 16.7. The van der Waals surface area contributed by atoms with Crippen molar-refractivity contribution in [3.63, 3.8) is 0 Å². The van der Waals surface area contributed by atoms with Gasteiger partial charge in [0.25, 0.3) is 5.91 Å². The molecule has 0 radical (unpaired) electrons. The van der Waals surface area contributed by atoms with Crippen LogP contribution in [0.1, 0.15) is 12.5 Å². The fourth-order valence-electron chi connectivity index (χ4n) is 2.89. The molecule has 0 spiro atoms. The molecule has 2 heterocycles. The number of hydrogen-bond acceptors (Lipinski definition) is 7. The first-order chi connectivity index (χ1) is 13.9. The lowest BCUT2D eigenvalue weighted by molar-refractivity contribution is -0.113. The molecule has 2 aromatic rings. The average Bonchev–Trinajstić information content (AvgIpc) is 2.70. The Morgan fingerprint density at radius 2 is 2.10 bits per heavy atom. The van der Waals surface area contributed by atoms with Crippen molar-refractivity contribution in [2.75, 3.05) is 31.3 Å². The van der Waals surface area contributed by atoms with Crippen LogP contribution in [0.3, 0.4) is 0 Å². The van der Waals surface area contributed by atoms with Gasteiger partial charge in [0.2, 0.25) is 0 Å². The third kappa shape index (κ3) is 4.55. The highest BCUT2D eigenvalue weighted by molar-refractivity contribution is 6.11. The van der Waals surface area contributed by atoms with Crippen LogP contribution in [0.2, 0.25) is 0 Å². The Morgan fingerprint density at radius 1 is 1.31 bits per heavy atom. The number of amides is 1. The van der Waals surface area contributed by atoms with Crippen molar-refractivity contribution < 1.29 is 9.53 Å². The van der Waals surface area contributed by atoms with E-state index in [0.717, 1.165) is 16.9 Å². The Labute approximate surface area is 169 Å². The number of anilines is 2. The quantitative estimate of drug-likeness (QED) is 0.698. The van der Waals surface area contributed by atoms with E-state index in [1.807, 2.05) is 32.2 Å². The number of pyridine rings is 1. The van der Waals surface area contributed by atoms with Gasteiger partial charge in [-0.3, -0.25) is 9.78 Å². The number of benzene rings is 1. The smallest absolute Gasteiger partial charge is 0.278 e. The highest BCUT2D eigenvalue weighted by Gasteiger charge is 2.24. The first-order valence-electron chi connectivity index (χ1n) is 8.99. The number of likely N-dealkylation sites (N-methyl/N-ethyl adjacent to an activating group) is 1. The molecule has 1 amide bonds. The number of aromatic nitrogens is 1. The van der Waals surface area contributed by atoms with Crippen molar-refractivity contribution in [3.05, 3.63) is 72.1 Å². The maximum atomic E-state index is 13.0. The maximum Gasteiger partial charge on any atom is 0.278 e. The van der Waals surface area contributed by atoms with Gasteiger partial charge in [-0.2, -0.15) is 0 Å². The van der Waals surface area contributed by atoms with Crippen LogP contribution >= 0.6 is 0 Å². The first-order valence-corrected chi connectivity index (χ1v) is 8.99. The molecule has 1 aliphatic rings. The number of nitrogens with two attached hydrogens (primary N) is 1. The molecule has 29 heavy (non-hydrogen) atoms. The van der Waals surface area contributed by atoms with Crippen molar-refractivity contribution in [2.45, 2.75) is 6.92 Å². The van der Waals surface area contributed by atoms with Crippen LogP contribution in [0.5, 0.6) is 5.75 Å². The second-order valence-electron chi connectivity index (χ2n) is 6.66. The molecular formula is C21H24N6O2. The summed E-state index contributed by atoms with van der Waals surface area (Å²) in [6.45, 7) is 6.16. The standard InChI is InChI=1S/C21H24N6O2/c1-13(2)24-15-7-8-18(29-4)16(10-15)26-21(28)19-20(22)27(3)12-17(25-19)14-6-5-9-23-11-14/h5-11,24H,1,12,22H2,2-4H3,(H,26,28). The largest absolute Gasteiger partial charge is 0.495 e. The van der Waals surface area contributed by atoms with Crippen molar-refractivity contribution in [1.29, 1.82) is 0 Å². The lowest BCUT2D eigenvalue weighted by atomic mass is 10.1. The maximum absolute atomic E-state index is 13.0. The Balaban J connectivity index is 1.92. The number of rotatable bonds is 6. The van der Waals surface area contributed by atoms with Crippen LogP contribution in [-0.4, -0.2) is 42.2 Å². The van der Waals surface area contributed by atoms with Gasteiger partial charge in [0.15, 0.2) is 5.70 Å². The molecule has 0 unspecified atom stereocenters. The summed E-state index contributed by atoms with van der Waals surface area (Å²) in [5.74, 6) is 0.386. The number of carbonyl (C=O) groups is 1. The second-order valence-corrected chi connectivity index (χ2v) is 6.66. The van der Waals surface area contributed by atoms with Gasteiger partial charge in [0.05, 0.1) is 25.1 Å². The minimum Gasteiger partial charge on any atom is -0.495 e. The number of nitrogens with zero attached hydrogens (tertiary/aromatic N) is 3. The number of methoxy groups -OCH3 is 1. The predicted molar refractivity (Wildman–Crippen MR) is 115 cm³/mol. The number of hydrogen-bond donors (Lipinski definition) is 3. The van der Waals surface area contributed by atoms with Crippen LogP contribution in [-0.2, 0) is 4.79 Å². The Kier molecular flexibility index (Phi) is 5.82. The predicted octanol–water partition coefficient (Wildman–Crippen LogP) is 2.54. The molecule has 0 bridgehead atoms.